The Hall–Kier alpha value is -3.07. The Balaban J connectivity index is 1.49. The van der Waals surface area contributed by atoms with E-state index in [-0.39, 0.29) is 13.2 Å². The Morgan fingerprint density at radius 2 is 1.40 bits per heavy atom. The Morgan fingerprint density at radius 3 is 2.00 bits per heavy atom. The third-order valence-electron chi connectivity index (χ3n) is 5.78. The Morgan fingerprint density at radius 1 is 0.829 bits per heavy atom. The first-order valence-corrected chi connectivity index (χ1v) is 11.5. The molecule has 184 valence electrons. The molecule has 0 aromatic heterocycles. The van der Waals surface area contributed by atoms with Gasteiger partial charge < -0.3 is 28.8 Å². The summed E-state index contributed by atoms with van der Waals surface area (Å²) >= 11 is 0. The Bertz CT molecular complexity index is 1030. The number of ether oxygens (including phenoxy) is 5. The fourth-order valence-electron chi connectivity index (χ4n) is 3.93. The van der Waals surface area contributed by atoms with Gasteiger partial charge in [0, 0.05) is 7.11 Å². The highest BCUT2D eigenvalue weighted by molar-refractivity contribution is 5.89. The number of methoxy groups -OCH3 is 1. The van der Waals surface area contributed by atoms with Crippen molar-refractivity contribution in [3.63, 3.8) is 0 Å². The van der Waals surface area contributed by atoms with Gasteiger partial charge in [0.2, 0.25) is 0 Å². The van der Waals surface area contributed by atoms with Crippen LogP contribution in [0.4, 0.5) is 0 Å². The minimum atomic E-state index is -1.19. The van der Waals surface area contributed by atoms with E-state index in [9.17, 15) is 9.90 Å². The molecule has 0 radical (unpaired) electrons. The van der Waals surface area contributed by atoms with Gasteiger partial charge in [0.15, 0.2) is 12.4 Å². The van der Waals surface area contributed by atoms with Crippen molar-refractivity contribution in [3.05, 3.63) is 108 Å². The first-order chi connectivity index (χ1) is 17.2. The van der Waals surface area contributed by atoms with Gasteiger partial charge in [0.25, 0.3) is 0 Å². The predicted octanol–water partition coefficient (Wildman–Crippen LogP) is 3.75. The van der Waals surface area contributed by atoms with Crippen LogP contribution >= 0.6 is 0 Å². The second-order valence-electron chi connectivity index (χ2n) is 8.27. The molecule has 0 aliphatic carbocycles. The molecule has 1 saturated heterocycles. The summed E-state index contributed by atoms with van der Waals surface area (Å²) in [6, 6.07) is 27.9. The summed E-state index contributed by atoms with van der Waals surface area (Å²) in [6.07, 6.45) is -4.73. The molecular formula is C28H30O7. The van der Waals surface area contributed by atoms with E-state index in [1.807, 2.05) is 66.7 Å². The largest absolute Gasteiger partial charge is 0.453 e. The maximum atomic E-state index is 12.9. The number of hydrogen-bond acceptors (Lipinski definition) is 7. The molecule has 0 amide bonds. The number of carbonyl (C=O) groups excluding carboxylic acids is 1. The van der Waals surface area contributed by atoms with E-state index in [1.165, 1.54) is 7.11 Å². The molecule has 0 saturated carbocycles. The quantitative estimate of drug-likeness (QED) is 0.445. The van der Waals surface area contributed by atoms with Crippen LogP contribution in [0.3, 0.4) is 0 Å². The topological polar surface area (TPSA) is 83.5 Å². The SMILES string of the molecule is CO[C@@H]1O[C@H](COCc2ccccc2)[C@H](O)[C@H](OC(=O)c2ccccc2)[C@H]1OCc1ccccc1. The first kappa shape index (κ1) is 25.0. The monoisotopic (exact) mass is 478 g/mol. The van der Waals surface area contributed by atoms with Crippen molar-refractivity contribution < 1.29 is 33.6 Å². The molecule has 0 bridgehead atoms. The van der Waals surface area contributed by atoms with E-state index in [0.29, 0.717) is 12.2 Å². The van der Waals surface area contributed by atoms with Gasteiger partial charge in [0.1, 0.15) is 18.3 Å². The molecule has 35 heavy (non-hydrogen) atoms. The average Bonchev–Trinajstić information content (AvgIpc) is 2.91. The molecule has 1 aliphatic rings. The highest BCUT2D eigenvalue weighted by atomic mass is 16.7. The lowest BCUT2D eigenvalue weighted by atomic mass is 9.98. The zero-order chi connectivity index (χ0) is 24.5. The van der Waals surface area contributed by atoms with Gasteiger partial charge in [-0.1, -0.05) is 78.9 Å². The van der Waals surface area contributed by atoms with Crippen LogP contribution in [-0.2, 0) is 36.9 Å². The van der Waals surface area contributed by atoms with Crippen molar-refractivity contribution in [2.45, 2.75) is 43.9 Å². The number of carbonyl (C=O) groups is 1. The summed E-state index contributed by atoms with van der Waals surface area (Å²) in [5.41, 5.74) is 2.30. The molecule has 0 spiro atoms. The van der Waals surface area contributed by atoms with E-state index < -0.39 is 36.7 Å². The fraction of sp³-hybridized carbons (Fsp3) is 0.321. The van der Waals surface area contributed by atoms with E-state index in [4.69, 9.17) is 23.7 Å². The number of hydrogen-bond donors (Lipinski definition) is 1. The molecule has 4 rings (SSSR count). The van der Waals surface area contributed by atoms with Gasteiger partial charge in [-0.25, -0.2) is 4.79 Å². The fourth-order valence-corrected chi connectivity index (χ4v) is 3.93. The number of rotatable bonds is 10. The second-order valence-corrected chi connectivity index (χ2v) is 8.27. The van der Waals surface area contributed by atoms with E-state index in [0.717, 1.165) is 11.1 Å². The molecule has 5 atom stereocenters. The summed E-state index contributed by atoms with van der Waals surface area (Å²) in [4.78, 5) is 12.9. The van der Waals surface area contributed by atoms with Crippen molar-refractivity contribution >= 4 is 5.97 Å². The maximum absolute atomic E-state index is 12.9. The molecule has 0 unspecified atom stereocenters. The van der Waals surface area contributed by atoms with Crippen LogP contribution in [0, 0.1) is 0 Å². The van der Waals surface area contributed by atoms with Crippen LogP contribution in [0.25, 0.3) is 0 Å². The zero-order valence-corrected chi connectivity index (χ0v) is 19.6. The standard InChI is InChI=1S/C28H30O7/c1-31-28-26(33-18-21-13-7-3-8-14-21)25(35-27(30)22-15-9-4-10-16-22)24(29)23(34-28)19-32-17-20-11-5-2-6-12-20/h2-16,23-26,28-29H,17-19H2,1H3/t23-,24+,25+,26-,28-/m1/s1. The number of esters is 1. The summed E-state index contributed by atoms with van der Waals surface area (Å²) in [5, 5.41) is 11.2. The number of aliphatic hydroxyl groups excluding tert-OH is 1. The van der Waals surface area contributed by atoms with E-state index in [2.05, 4.69) is 0 Å². The zero-order valence-electron chi connectivity index (χ0n) is 19.6. The average molecular weight is 479 g/mol. The Labute approximate surface area is 205 Å². The first-order valence-electron chi connectivity index (χ1n) is 11.5. The van der Waals surface area contributed by atoms with Crippen molar-refractivity contribution in [3.8, 4) is 0 Å². The van der Waals surface area contributed by atoms with Crippen LogP contribution < -0.4 is 0 Å². The molecule has 1 heterocycles. The molecule has 7 nitrogen and oxygen atoms in total. The number of aliphatic hydroxyl groups is 1. The van der Waals surface area contributed by atoms with E-state index >= 15 is 0 Å². The van der Waals surface area contributed by atoms with Gasteiger partial charge in [0.05, 0.1) is 25.4 Å². The van der Waals surface area contributed by atoms with Crippen LogP contribution in [0.5, 0.6) is 0 Å². The van der Waals surface area contributed by atoms with Gasteiger partial charge in [-0.15, -0.1) is 0 Å². The highest BCUT2D eigenvalue weighted by Gasteiger charge is 2.48. The normalized spacial score (nSPS) is 24.1. The predicted molar refractivity (Wildman–Crippen MR) is 128 cm³/mol. The minimum Gasteiger partial charge on any atom is -0.453 e. The van der Waals surface area contributed by atoms with Crippen LogP contribution in [0.2, 0.25) is 0 Å². The van der Waals surface area contributed by atoms with Gasteiger partial charge in [-0.2, -0.15) is 0 Å². The van der Waals surface area contributed by atoms with Crippen LogP contribution in [0.15, 0.2) is 91.0 Å². The van der Waals surface area contributed by atoms with Crippen LogP contribution in [0.1, 0.15) is 21.5 Å². The molecule has 1 N–H and O–H groups in total. The van der Waals surface area contributed by atoms with Gasteiger partial charge in [-0.3, -0.25) is 0 Å². The van der Waals surface area contributed by atoms with Crippen molar-refractivity contribution in [1.29, 1.82) is 0 Å². The molecule has 1 aliphatic heterocycles. The highest BCUT2D eigenvalue weighted by Crippen LogP contribution is 2.28. The van der Waals surface area contributed by atoms with Gasteiger partial charge in [-0.05, 0) is 23.3 Å². The maximum Gasteiger partial charge on any atom is 0.338 e. The molecule has 3 aromatic rings. The Kier molecular flexibility index (Phi) is 9.00. The van der Waals surface area contributed by atoms with Crippen LogP contribution in [-0.4, -0.2) is 55.5 Å². The summed E-state index contributed by atoms with van der Waals surface area (Å²) in [6.45, 7) is 0.671. The molecule has 3 aromatic carbocycles. The van der Waals surface area contributed by atoms with Gasteiger partial charge >= 0.3 is 5.97 Å². The van der Waals surface area contributed by atoms with Crippen molar-refractivity contribution in [1.82, 2.24) is 0 Å². The summed E-state index contributed by atoms with van der Waals surface area (Å²) in [5.74, 6) is -0.566. The summed E-state index contributed by atoms with van der Waals surface area (Å²) < 4.78 is 29.2. The smallest absolute Gasteiger partial charge is 0.338 e. The molecular weight excluding hydrogens is 448 g/mol. The third kappa shape index (κ3) is 6.75. The third-order valence-corrected chi connectivity index (χ3v) is 5.78. The van der Waals surface area contributed by atoms with E-state index in [1.54, 1.807) is 24.3 Å². The lowest BCUT2D eigenvalue weighted by molar-refractivity contribution is -0.306. The lowest BCUT2D eigenvalue weighted by Crippen LogP contribution is -2.61. The second kappa shape index (κ2) is 12.6. The minimum absolute atomic E-state index is 0.0840. The molecule has 1 fully saturated rings. The lowest BCUT2D eigenvalue weighted by Gasteiger charge is -2.43. The number of benzene rings is 3. The van der Waals surface area contributed by atoms with Crippen molar-refractivity contribution in [2.24, 2.45) is 0 Å². The summed E-state index contributed by atoms with van der Waals surface area (Å²) in [7, 11) is 1.49. The molecule has 7 heteroatoms. The van der Waals surface area contributed by atoms with Crippen molar-refractivity contribution in [2.75, 3.05) is 13.7 Å².